The van der Waals surface area contributed by atoms with Gasteiger partial charge in [-0.1, -0.05) is 11.6 Å². The van der Waals surface area contributed by atoms with Crippen molar-refractivity contribution in [2.24, 2.45) is 9.98 Å². The van der Waals surface area contributed by atoms with E-state index in [1.807, 2.05) is 6.92 Å². The summed E-state index contributed by atoms with van der Waals surface area (Å²) in [5.74, 6) is 0. The first kappa shape index (κ1) is 11.6. The summed E-state index contributed by atoms with van der Waals surface area (Å²) in [6, 6.07) is 0. The van der Waals surface area contributed by atoms with Gasteiger partial charge < -0.3 is 4.74 Å². The summed E-state index contributed by atoms with van der Waals surface area (Å²) in [7, 11) is 0. The van der Waals surface area contributed by atoms with Gasteiger partial charge in [-0.25, -0.2) is 4.99 Å². The van der Waals surface area contributed by atoms with E-state index in [2.05, 4.69) is 14.9 Å². The van der Waals surface area contributed by atoms with Crippen molar-refractivity contribution in [1.29, 1.82) is 0 Å². The number of aliphatic imine (C=N–C) groups is 2. The fraction of sp³-hybridized carbons (Fsp3) is 0.778. The molecule has 1 heterocycles. The molecule has 0 radical (unpaired) electrons. The van der Waals surface area contributed by atoms with Crippen molar-refractivity contribution < 1.29 is 4.74 Å². The molecule has 1 aliphatic rings. The van der Waals surface area contributed by atoms with Gasteiger partial charge in [-0.05, 0) is 13.8 Å². The highest BCUT2D eigenvalue weighted by molar-refractivity contribution is 6.65. The van der Waals surface area contributed by atoms with Crippen LogP contribution in [0.2, 0.25) is 0 Å². The van der Waals surface area contributed by atoms with Crippen LogP contribution in [-0.4, -0.2) is 48.9 Å². The number of rotatable bonds is 3. The summed E-state index contributed by atoms with van der Waals surface area (Å²) < 4.78 is 5.25. The SMILES string of the molecule is C/C(Cl)=N\C=N/C(C)N1CCOCC1. The molecule has 0 aliphatic carbocycles. The maximum absolute atomic E-state index is 5.57. The summed E-state index contributed by atoms with van der Waals surface area (Å²) in [4.78, 5) is 10.4. The van der Waals surface area contributed by atoms with Crippen molar-refractivity contribution in [3.63, 3.8) is 0 Å². The Morgan fingerprint density at radius 3 is 2.71 bits per heavy atom. The van der Waals surface area contributed by atoms with Crippen LogP contribution < -0.4 is 0 Å². The Hall–Kier alpha value is -0.450. The van der Waals surface area contributed by atoms with Crippen molar-refractivity contribution in [3.05, 3.63) is 0 Å². The lowest BCUT2D eigenvalue weighted by Gasteiger charge is -2.29. The van der Waals surface area contributed by atoms with Gasteiger partial charge in [0.05, 0.1) is 13.2 Å². The average Bonchev–Trinajstić information content (AvgIpc) is 2.18. The number of morpholine rings is 1. The molecule has 1 atom stereocenters. The summed E-state index contributed by atoms with van der Waals surface area (Å²) in [5, 5.41) is 0.503. The molecule has 0 spiro atoms. The molecule has 1 rings (SSSR count). The van der Waals surface area contributed by atoms with E-state index < -0.39 is 0 Å². The fourth-order valence-electron chi connectivity index (χ4n) is 1.25. The normalized spacial score (nSPS) is 22.9. The third-order valence-electron chi connectivity index (χ3n) is 2.09. The molecule has 1 unspecified atom stereocenters. The van der Waals surface area contributed by atoms with Gasteiger partial charge in [-0.2, -0.15) is 0 Å². The first-order valence-corrected chi connectivity index (χ1v) is 5.11. The Morgan fingerprint density at radius 2 is 2.14 bits per heavy atom. The van der Waals surface area contributed by atoms with Gasteiger partial charge in [0.15, 0.2) is 0 Å². The van der Waals surface area contributed by atoms with Crippen LogP contribution in [0, 0.1) is 0 Å². The second-order valence-corrected chi connectivity index (χ2v) is 3.72. The number of nitrogens with zero attached hydrogens (tertiary/aromatic N) is 3. The molecule has 1 fully saturated rings. The molecule has 0 aromatic heterocycles. The molecule has 80 valence electrons. The standard InChI is InChI=1S/C9H16ClN3O/c1-8(10)11-7-12-9(2)13-3-5-14-6-4-13/h7,9H,3-6H2,1-2H3/b11-8+,12-7-. The zero-order chi connectivity index (χ0) is 10.4. The number of hydrogen-bond donors (Lipinski definition) is 0. The highest BCUT2D eigenvalue weighted by Crippen LogP contribution is 2.03. The molecular formula is C9H16ClN3O. The second-order valence-electron chi connectivity index (χ2n) is 3.17. The predicted octanol–water partition coefficient (Wildman–Crippen LogP) is 1.35. The molecule has 14 heavy (non-hydrogen) atoms. The van der Waals surface area contributed by atoms with Crippen LogP contribution in [0.15, 0.2) is 9.98 Å². The smallest absolute Gasteiger partial charge is 0.113 e. The molecule has 0 saturated carbocycles. The van der Waals surface area contributed by atoms with Gasteiger partial charge in [-0.3, -0.25) is 9.89 Å². The van der Waals surface area contributed by atoms with Crippen LogP contribution in [0.5, 0.6) is 0 Å². The minimum absolute atomic E-state index is 0.152. The van der Waals surface area contributed by atoms with Crippen LogP contribution in [0.25, 0.3) is 0 Å². The average molecular weight is 218 g/mol. The Kier molecular flexibility index (Phi) is 5.07. The van der Waals surface area contributed by atoms with Crippen molar-refractivity contribution in [2.45, 2.75) is 20.0 Å². The molecule has 0 N–H and O–H groups in total. The first-order chi connectivity index (χ1) is 6.70. The molecule has 0 amide bonds. The topological polar surface area (TPSA) is 37.2 Å². The van der Waals surface area contributed by atoms with E-state index in [-0.39, 0.29) is 6.17 Å². The number of halogens is 1. The fourth-order valence-corrected chi connectivity index (χ4v) is 1.30. The Balaban J connectivity index is 2.36. The first-order valence-electron chi connectivity index (χ1n) is 4.73. The molecule has 1 saturated heterocycles. The predicted molar refractivity (Wildman–Crippen MR) is 59.3 cm³/mol. The minimum atomic E-state index is 0.152. The van der Waals surface area contributed by atoms with Crippen molar-refractivity contribution >= 4 is 23.1 Å². The third kappa shape index (κ3) is 4.17. The molecule has 0 aromatic rings. The Bertz CT molecular complexity index is 220. The van der Waals surface area contributed by atoms with E-state index in [0.29, 0.717) is 5.17 Å². The third-order valence-corrected chi connectivity index (χ3v) is 2.19. The van der Waals surface area contributed by atoms with Gasteiger partial charge in [-0.15, -0.1) is 0 Å². The highest BCUT2D eigenvalue weighted by atomic mass is 35.5. The number of ether oxygens (including phenoxy) is 1. The van der Waals surface area contributed by atoms with Crippen molar-refractivity contribution in [2.75, 3.05) is 26.3 Å². The maximum atomic E-state index is 5.57. The van der Waals surface area contributed by atoms with Crippen molar-refractivity contribution in [3.8, 4) is 0 Å². The minimum Gasteiger partial charge on any atom is -0.379 e. The lowest BCUT2D eigenvalue weighted by atomic mass is 10.4. The molecule has 0 bridgehead atoms. The lowest BCUT2D eigenvalue weighted by molar-refractivity contribution is 0.0221. The molecular weight excluding hydrogens is 202 g/mol. The monoisotopic (exact) mass is 217 g/mol. The Labute approximate surface area is 89.6 Å². The molecule has 1 aliphatic heterocycles. The van der Waals surface area contributed by atoms with Crippen molar-refractivity contribution in [1.82, 2.24) is 4.90 Å². The highest BCUT2D eigenvalue weighted by Gasteiger charge is 2.14. The van der Waals surface area contributed by atoms with E-state index in [1.54, 1.807) is 6.92 Å². The molecule has 4 nitrogen and oxygen atoms in total. The van der Waals surface area contributed by atoms with Gasteiger partial charge in [0.1, 0.15) is 17.7 Å². The van der Waals surface area contributed by atoms with Crippen LogP contribution in [-0.2, 0) is 4.74 Å². The lowest BCUT2D eigenvalue weighted by Crippen LogP contribution is -2.41. The largest absolute Gasteiger partial charge is 0.379 e. The summed E-state index contributed by atoms with van der Waals surface area (Å²) in [5.41, 5.74) is 0. The Morgan fingerprint density at radius 1 is 1.50 bits per heavy atom. The van der Waals surface area contributed by atoms with E-state index in [4.69, 9.17) is 16.3 Å². The quantitative estimate of drug-likeness (QED) is 0.529. The van der Waals surface area contributed by atoms with Gasteiger partial charge in [0, 0.05) is 13.1 Å². The van der Waals surface area contributed by atoms with Gasteiger partial charge in [0.2, 0.25) is 0 Å². The summed E-state index contributed by atoms with van der Waals surface area (Å²) in [6.45, 7) is 7.22. The second kappa shape index (κ2) is 6.11. The van der Waals surface area contributed by atoms with E-state index >= 15 is 0 Å². The summed E-state index contributed by atoms with van der Waals surface area (Å²) >= 11 is 5.57. The summed E-state index contributed by atoms with van der Waals surface area (Å²) in [6.07, 6.45) is 1.67. The van der Waals surface area contributed by atoms with Crippen LogP contribution in [0.4, 0.5) is 0 Å². The molecule has 5 heteroatoms. The zero-order valence-electron chi connectivity index (χ0n) is 8.61. The van der Waals surface area contributed by atoms with Gasteiger partial charge in [0.25, 0.3) is 0 Å². The number of hydrogen-bond acceptors (Lipinski definition) is 3. The van der Waals surface area contributed by atoms with Crippen LogP contribution >= 0.6 is 11.6 Å². The molecule has 0 aromatic carbocycles. The maximum Gasteiger partial charge on any atom is 0.113 e. The van der Waals surface area contributed by atoms with Crippen LogP contribution in [0.1, 0.15) is 13.8 Å². The van der Waals surface area contributed by atoms with E-state index in [0.717, 1.165) is 26.3 Å². The van der Waals surface area contributed by atoms with Crippen LogP contribution in [0.3, 0.4) is 0 Å². The van der Waals surface area contributed by atoms with E-state index in [9.17, 15) is 0 Å². The van der Waals surface area contributed by atoms with Gasteiger partial charge >= 0.3 is 0 Å². The van der Waals surface area contributed by atoms with E-state index in [1.165, 1.54) is 6.34 Å². The zero-order valence-corrected chi connectivity index (χ0v) is 9.37.